The van der Waals surface area contributed by atoms with Gasteiger partial charge in [0.25, 0.3) is 0 Å². The van der Waals surface area contributed by atoms with Crippen LogP contribution in [0.5, 0.6) is 0 Å². The zero-order valence-electron chi connectivity index (χ0n) is 7.10. The number of rotatable bonds is 2. The topological polar surface area (TPSA) is 80.3 Å². The molecule has 0 aliphatic carbocycles. The molecular weight excluding hydrogens is 234 g/mol. The summed E-state index contributed by atoms with van der Waals surface area (Å²) >= 11 is -1.52. The maximum atomic E-state index is 10.2. The third-order valence-electron chi connectivity index (χ3n) is 0.969. The first-order valence-electron chi connectivity index (χ1n) is 2.50. The van der Waals surface area contributed by atoms with Crippen LogP contribution in [0.15, 0.2) is 16.3 Å². The van der Waals surface area contributed by atoms with Gasteiger partial charge < -0.3 is 14.5 Å². The van der Waals surface area contributed by atoms with Crippen molar-refractivity contribution in [3.05, 3.63) is 16.3 Å². The normalized spacial score (nSPS) is 10.8. The monoisotopic (exact) mass is 236 g/mol. The van der Waals surface area contributed by atoms with Gasteiger partial charge in [0.15, 0.2) is 0 Å². The van der Waals surface area contributed by atoms with Crippen molar-refractivity contribution < 1.29 is 77.8 Å². The van der Waals surface area contributed by atoms with Gasteiger partial charge in [-0.25, -0.2) is 0 Å². The molecule has 0 radical (unpaired) electrons. The van der Waals surface area contributed by atoms with Crippen LogP contribution in [0.25, 0.3) is 0 Å². The molecule has 1 aromatic heterocycles. The molecule has 13 heavy (non-hydrogen) atoms. The zero-order valence-corrected chi connectivity index (χ0v) is 12.7. The minimum atomic E-state index is -2.36. The van der Waals surface area contributed by atoms with Gasteiger partial charge in [0.05, 0.1) is 10.8 Å². The first kappa shape index (κ1) is 16.7. The molecule has 1 atom stereocenters. The second-order valence-electron chi connectivity index (χ2n) is 1.67. The molecule has 0 saturated carbocycles. The van der Waals surface area contributed by atoms with Crippen LogP contribution in [-0.2, 0) is 11.1 Å². The standard InChI is InChI=1S/C5H4O4S2.2Na/c6-5(7)4-1-3(2-10-4)11(8)9;;/h1-2H,(H,6,7)(H,8,9);;/q;2*+1/p-2. The van der Waals surface area contributed by atoms with Crippen LogP contribution in [0.4, 0.5) is 0 Å². The number of carboxylic acid groups (broad SMARTS) is 1. The van der Waals surface area contributed by atoms with Gasteiger partial charge in [-0.2, -0.15) is 0 Å². The second kappa shape index (κ2) is 7.56. The maximum absolute atomic E-state index is 10.2. The Labute approximate surface area is 126 Å². The van der Waals surface area contributed by atoms with Gasteiger partial charge in [0.2, 0.25) is 0 Å². The van der Waals surface area contributed by atoms with Crippen molar-refractivity contribution in [1.29, 1.82) is 0 Å². The number of hydrogen-bond acceptors (Lipinski definition) is 5. The number of carbonyl (C=O) groups is 1. The maximum Gasteiger partial charge on any atom is 1.00 e. The summed E-state index contributed by atoms with van der Waals surface area (Å²) in [7, 11) is 0. The zero-order chi connectivity index (χ0) is 8.43. The number of carboxylic acids is 1. The average molecular weight is 236 g/mol. The third-order valence-corrected chi connectivity index (χ3v) is 2.65. The van der Waals surface area contributed by atoms with E-state index in [1.165, 1.54) is 5.38 Å². The van der Waals surface area contributed by atoms with Crippen LogP contribution in [0.3, 0.4) is 0 Å². The van der Waals surface area contributed by atoms with E-state index >= 15 is 0 Å². The van der Waals surface area contributed by atoms with Crippen molar-refractivity contribution in [3.63, 3.8) is 0 Å². The molecule has 8 heteroatoms. The van der Waals surface area contributed by atoms with Gasteiger partial charge in [0, 0.05) is 10.3 Å². The average Bonchev–Trinajstić information content (AvgIpc) is 2.33. The van der Waals surface area contributed by atoms with E-state index in [1.54, 1.807) is 0 Å². The van der Waals surface area contributed by atoms with Gasteiger partial charge in [0.1, 0.15) is 0 Å². The minimum absolute atomic E-state index is 0. The Morgan fingerprint density at radius 3 is 2.23 bits per heavy atom. The molecule has 0 fully saturated rings. The fourth-order valence-corrected chi connectivity index (χ4v) is 1.86. The number of thiophene rings is 1. The summed E-state index contributed by atoms with van der Waals surface area (Å²) in [6.07, 6.45) is 0. The molecule has 1 heterocycles. The smallest absolute Gasteiger partial charge is 0.768 e. The van der Waals surface area contributed by atoms with Crippen molar-refractivity contribution >= 4 is 28.4 Å². The van der Waals surface area contributed by atoms with Gasteiger partial charge >= 0.3 is 59.1 Å². The first-order valence-corrected chi connectivity index (χ1v) is 4.46. The van der Waals surface area contributed by atoms with Crippen LogP contribution in [0, 0.1) is 0 Å². The van der Waals surface area contributed by atoms with Crippen LogP contribution >= 0.6 is 11.3 Å². The van der Waals surface area contributed by atoms with E-state index in [0.717, 1.165) is 17.4 Å². The van der Waals surface area contributed by atoms with E-state index in [1.807, 2.05) is 0 Å². The van der Waals surface area contributed by atoms with Crippen molar-refractivity contribution in [2.45, 2.75) is 4.90 Å². The predicted octanol–water partition coefficient (Wildman–Crippen LogP) is -6.64. The largest absolute Gasteiger partial charge is 1.00 e. The van der Waals surface area contributed by atoms with Gasteiger partial charge in [-0.3, -0.25) is 4.21 Å². The number of carbonyl (C=O) groups excluding carboxylic acids is 1. The van der Waals surface area contributed by atoms with E-state index in [-0.39, 0.29) is 68.9 Å². The molecule has 0 aliphatic rings. The van der Waals surface area contributed by atoms with Gasteiger partial charge in [-0.05, 0) is 17.1 Å². The van der Waals surface area contributed by atoms with Crippen molar-refractivity contribution in [3.8, 4) is 0 Å². The molecule has 1 unspecified atom stereocenters. The van der Waals surface area contributed by atoms with E-state index in [2.05, 4.69) is 0 Å². The number of aromatic carboxylic acids is 1. The Morgan fingerprint density at radius 1 is 1.46 bits per heavy atom. The second-order valence-corrected chi connectivity index (χ2v) is 3.52. The summed E-state index contributed by atoms with van der Waals surface area (Å²) in [5.41, 5.74) is 0. The SMILES string of the molecule is O=C([O-])c1cc(S(=O)[O-])cs1.[Na+].[Na+]. The summed E-state index contributed by atoms with van der Waals surface area (Å²) in [6.45, 7) is 0. The quantitative estimate of drug-likeness (QED) is 0.377. The molecule has 0 spiro atoms. The first-order chi connectivity index (χ1) is 5.11. The Morgan fingerprint density at radius 2 is 2.00 bits per heavy atom. The molecule has 0 aromatic carbocycles. The molecule has 1 rings (SSSR count). The Bertz CT molecular complexity index is 283. The van der Waals surface area contributed by atoms with Gasteiger partial charge in [-0.1, -0.05) is 0 Å². The summed E-state index contributed by atoms with van der Waals surface area (Å²) in [5.74, 6) is -1.35. The molecule has 0 N–H and O–H groups in total. The van der Waals surface area contributed by atoms with E-state index in [4.69, 9.17) is 0 Å². The third kappa shape index (κ3) is 5.06. The molecule has 0 amide bonds. The molecule has 4 nitrogen and oxygen atoms in total. The summed E-state index contributed by atoms with van der Waals surface area (Å²) in [6, 6.07) is 1.06. The molecule has 0 bridgehead atoms. The summed E-state index contributed by atoms with van der Waals surface area (Å²) in [4.78, 5) is 10.0. The molecule has 0 saturated heterocycles. The number of hydrogen-bond donors (Lipinski definition) is 0. The minimum Gasteiger partial charge on any atom is -0.768 e. The van der Waals surface area contributed by atoms with E-state index in [9.17, 15) is 18.7 Å². The van der Waals surface area contributed by atoms with Gasteiger partial charge in [-0.15, -0.1) is 11.3 Å². The van der Waals surface area contributed by atoms with E-state index < -0.39 is 17.0 Å². The molecule has 0 aliphatic heterocycles. The van der Waals surface area contributed by atoms with Crippen molar-refractivity contribution in [2.75, 3.05) is 0 Å². The molecule has 60 valence electrons. The molecular formula is C5H2Na2O4S2. The Hall–Kier alpha value is 1.28. The predicted molar refractivity (Wildman–Crippen MR) is 35.8 cm³/mol. The van der Waals surface area contributed by atoms with Crippen molar-refractivity contribution in [2.24, 2.45) is 0 Å². The Balaban J connectivity index is 0. The van der Waals surface area contributed by atoms with Crippen LogP contribution in [-0.4, -0.2) is 14.7 Å². The summed E-state index contributed by atoms with van der Waals surface area (Å²) in [5, 5.41) is 11.4. The van der Waals surface area contributed by atoms with Crippen LogP contribution < -0.4 is 64.2 Å². The van der Waals surface area contributed by atoms with Crippen LogP contribution in [0.1, 0.15) is 9.67 Å². The fourth-order valence-electron chi connectivity index (χ4n) is 0.513. The van der Waals surface area contributed by atoms with Crippen LogP contribution in [0.2, 0.25) is 0 Å². The molecule has 1 aromatic rings. The Kier molecular flexibility index (Phi) is 9.71. The summed E-state index contributed by atoms with van der Waals surface area (Å²) < 4.78 is 20.5. The van der Waals surface area contributed by atoms with E-state index in [0.29, 0.717) is 0 Å². The fraction of sp³-hybridized carbons (Fsp3) is 0. The van der Waals surface area contributed by atoms with Crippen molar-refractivity contribution in [1.82, 2.24) is 0 Å².